The van der Waals surface area contributed by atoms with Gasteiger partial charge in [0.25, 0.3) is 5.91 Å². The highest BCUT2D eigenvalue weighted by atomic mass is 32.1. The summed E-state index contributed by atoms with van der Waals surface area (Å²) >= 11 is 1.69. The van der Waals surface area contributed by atoms with Crippen LogP contribution in [0, 0.1) is 12.7 Å². The number of hydrogen-bond donors (Lipinski definition) is 1. The summed E-state index contributed by atoms with van der Waals surface area (Å²) in [5.74, 6) is -0.640. The number of aromatic hydroxyl groups is 1. The molecule has 154 valence electrons. The first-order valence-corrected chi connectivity index (χ1v) is 10.7. The molecule has 0 spiro atoms. The highest BCUT2D eigenvalue weighted by Gasteiger charge is 2.34. The van der Waals surface area contributed by atoms with E-state index in [1.165, 1.54) is 17.0 Å². The van der Waals surface area contributed by atoms with Gasteiger partial charge in [0.15, 0.2) is 5.75 Å². The average Bonchev–Trinajstić information content (AvgIpc) is 3.33. The van der Waals surface area contributed by atoms with Crippen LogP contribution < -0.4 is 0 Å². The Hall–Kier alpha value is -3.51. The first-order valence-electron chi connectivity index (χ1n) is 9.92. The lowest BCUT2D eigenvalue weighted by Gasteiger charge is -2.15. The van der Waals surface area contributed by atoms with Crippen LogP contribution in [0.1, 0.15) is 36.8 Å². The van der Waals surface area contributed by atoms with Crippen LogP contribution in [0.15, 0.2) is 54.7 Å². The summed E-state index contributed by atoms with van der Waals surface area (Å²) in [7, 11) is 0. The van der Waals surface area contributed by atoms with Gasteiger partial charge in [-0.3, -0.25) is 9.78 Å². The molecule has 31 heavy (non-hydrogen) atoms. The number of carbonyl (C=O) groups excluding carboxylic acids is 1. The van der Waals surface area contributed by atoms with E-state index in [0.29, 0.717) is 24.2 Å². The Morgan fingerprint density at radius 2 is 1.97 bits per heavy atom. The number of benzene rings is 2. The summed E-state index contributed by atoms with van der Waals surface area (Å²) in [6.45, 7) is 2.77. The zero-order valence-corrected chi connectivity index (χ0v) is 17.6. The van der Waals surface area contributed by atoms with E-state index in [9.17, 15) is 14.3 Å². The van der Waals surface area contributed by atoms with E-state index in [4.69, 9.17) is 0 Å². The van der Waals surface area contributed by atoms with Crippen LogP contribution in [0.4, 0.5) is 4.39 Å². The SMILES string of the molecule is Cc1ccc(/C=C/c2c3c(c(O)c4ncccc24)C(=O)N(Cc2ccc(F)cc2)C3)s1. The molecule has 0 saturated carbocycles. The van der Waals surface area contributed by atoms with Gasteiger partial charge in [0.2, 0.25) is 0 Å². The molecule has 0 saturated heterocycles. The molecule has 1 N–H and O–H groups in total. The maximum Gasteiger partial charge on any atom is 0.258 e. The number of amides is 1. The van der Waals surface area contributed by atoms with E-state index in [2.05, 4.69) is 24.0 Å². The van der Waals surface area contributed by atoms with Crippen molar-refractivity contribution >= 4 is 40.3 Å². The molecule has 4 nitrogen and oxygen atoms in total. The number of aryl methyl sites for hydroxylation is 1. The Balaban J connectivity index is 1.60. The fourth-order valence-electron chi connectivity index (χ4n) is 4.02. The topological polar surface area (TPSA) is 53.4 Å². The molecule has 2 aromatic heterocycles. The monoisotopic (exact) mass is 430 g/mol. The first-order chi connectivity index (χ1) is 15.0. The van der Waals surface area contributed by atoms with Crippen molar-refractivity contribution in [2.45, 2.75) is 20.0 Å². The number of nitrogens with zero attached hydrogens (tertiary/aromatic N) is 2. The van der Waals surface area contributed by atoms with E-state index < -0.39 is 0 Å². The van der Waals surface area contributed by atoms with Crippen LogP contribution in [0.25, 0.3) is 23.1 Å². The minimum atomic E-state index is -0.314. The Morgan fingerprint density at radius 1 is 1.16 bits per heavy atom. The molecule has 5 rings (SSSR count). The molecule has 2 aromatic carbocycles. The fourth-order valence-corrected chi connectivity index (χ4v) is 4.80. The third kappa shape index (κ3) is 3.49. The zero-order valence-electron chi connectivity index (χ0n) is 16.8. The standard InChI is InChI=1S/C25H19FN2O2S/c1-15-4-9-18(31-15)10-11-19-20-3-2-12-27-23(20)24(29)22-21(19)14-28(25(22)30)13-16-5-7-17(26)8-6-16/h2-12,29H,13-14H2,1H3/b11-10+. The molecule has 6 heteroatoms. The highest BCUT2D eigenvalue weighted by Crippen LogP contribution is 2.40. The molecule has 0 aliphatic carbocycles. The van der Waals surface area contributed by atoms with Crippen LogP contribution in [0.2, 0.25) is 0 Å². The van der Waals surface area contributed by atoms with E-state index in [1.807, 2.05) is 24.3 Å². The van der Waals surface area contributed by atoms with Gasteiger partial charge in [-0.2, -0.15) is 0 Å². The van der Waals surface area contributed by atoms with Crippen molar-refractivity contribution in [1.82, 2.24) is 9.88 Å². The van der Waals surface area contributed by atoms with Gasteiger partial charge in [0, 0.05) is 34.4 Å². The molecule has 4 aromatic rings. The van der Waals surface area contributed by atoms with Crippen LogP contribution in [0.3, 0.4) is 0 Å². The second-order valence-electron chi connectivity index (χ2n) is 7.58. The van der Waals surface area contributed by atoms with Crippen LogP contribution in [-0.4, -0.2) is 20.9 Å². The molecule has 1 aliphatic rings. The van der Waals surface area contributed by atoms with Crippen LogP contribution in [-0.2, 0) is 13.1 Å². The molecule has 0 atom stereocenters. The molecule has 0 radical (unpaired) electrons. The van der Waals surface area contributed by atoms with Crippen molar-refractivity contribution in [3.63, 3.8) is 0 Å². The van der Waals surface area contributed by atoms with E-state index >= 15 is 0 Å². The van der Waals surface area contributed by atoms with Gasteiger partial charge in [-0.05, 0) is 60.0 Å². The molecule has 0 unspecified atom stereocenters. The van der Waals surface area contributed by atoms with Crippen molar-refractivity contribution in [2.24, 2.45) is 0 Å². The summed E-state index contributed by atoms with van der Waals surface area (Å²) in [6.07, 6.45) is 5.65. The lowest BCUT2D eigenvalue weighted by Crippen LogP contribution is -2.23. The minimum Gasteiger partial charge on any atom is -0.505 e. The van der Waals surface area contributed by atoms with Gasteiger partial charge in [-0.1, -0.05) is 24.3 Å². The van der Waals surface area contributed by atoms with Gasteiger partial charge in [0.05, 0.1) is 5.56 Å². The highest BCUT2D eigenvalue weighted by molar-refractivity contribution is 7.12. The molecule has 1 aliphatic heterocycles. The number of phenolic OH excluding ortho intramolecular Hbond substituents is 1. The Kier molecular flexibility index (Phi) is 4.79. The number of fused-ring (bicyclic) bond motifs is 2. The summed E-state index contributed by atoms with van der Waals surface area (Å²) in [5, 5.41) is 11.7. The number of phenols is 1. The van der Waals surface area contributed by atoms with Gasteiger partial charge in [-0.25, -0.2) is 4.39 Å². The minimum absolute atomic E-state index is 0.0821. The number of halogens is 1. The van der Waals surface area contributed by atoms with Crippen LogP contribution in [0.5, 0.6) is 5.75 Å². The zero-order chi connectivity index (χ0) is 21.5. The second-order valence-corrected chi connectivity index (χ2v) is 8.90. The molecular formula is C25H19FN2O2S. The maximum absolute atomic E-state index is 13.3. The summed E-state index contributed by atoms with van der Waals surface area (Å²) < 4.78 is 13.3. The Morgan fingerprint density at radius 3 is 2.71 bits per heavy atom. The molecular weight excluding hydrogens is 411 g/mol. The van der Waals surface area contributed by atoms with Crippen molar-refractivity contribution in [3.8, 4) is 5.75 Å². The smallest absolute Gasteiger partial charge is 0.258 e. The van der Waals surface area contributed by atoms with Gasteiger partial charge < -0.3 is 10.0 Å². The normalized spacial score (nSPS) is 13.5. The molecule has 3 heterocycles. The van der Waals surface area contributed by atoms with Crippen LogP contribution >= 0.6 is 11.3 Å². The lowest BCUT2D eigenvalue weighted by molar-refractivity contribution is 0.0764. The quantitative estimate of drug-likeness (QED) is 0.447. The third-order valence-electron chi connectivity index (χ3n) is 5.50. The van der Waals surface area contributed by atoms with Crippen molar-refractivity contribution in [3.05, 3.63) is 92.6 Å². The van der Waals surface area contributed by atoms with Gasteiger partial charge >= 0.3 is 0 Å². The summed E-state index contributed by atoms with van der Waals surface area (Å²) in [6, 6.07) is 14.0. The van der Waals surface area contributed by atoms with E-state index in [0.717, 1.165) is 27.0 Å². The average molecular weight is 431 g/mol. The predicted octanol–water partition coefficient (Wildman–Crippen LogP) is 5.78. The van der Waals surface area contributed by atoms with Crippen molar-refractivity contribution in [2.75, 3.05) is 0 Å². The third-order valence-corrected chi connectivity index (χ3v) is 6.46. The largest absolute Gasteiger partial charge is 0.505 e. The van der Waals surface area contributed by atoms with Gasteiger partial charge in [0.1, 0.15) is 11.3 Å². The summed E-state index contributed by atoms with van der Waals surface area (Å²) in [5.41, 5.74) is 3.22. The lowest BCUT2D eigenvalue weighted by atomic mass is 9.96. The summed E-state index contributed by atoms with van der Waals surface area (Å²) in [4.78, 5) is 21.6. The number of hydrogen-bond acceptors (Lipinski definition) is 4. The maximum atomic E-state index is 13.3. The number of aromatic nitrogens is 1. The van der Waals surface area contributed by atoms with E-state index in [-0.39, 0.29) is 17.5 Å². The van der Waals surface area contributed by atoms with Gasteiger partial charge in [-0.15, -0.1) is 11.3 Å². The number of thiophene rings is 1. The fraction of sp³-hybridized carbons (Fsp3) is 0.120. The first kappa shape index (κ1) is 19.5. The Labute approximate surface area is 182 Å². The predicted molar refractivity (Wildman–Crippen MR) is 121 cm³/mol. The Bertz CT molecular complexity index is 1340. The molecule has 0 bridgehead atoms. The van der Waals surface area contributed by atoms with Crippen molar-refractivity contribution in [1.29, 1.82) is 0 Å². The second kappa shape index (κ2) is 7.63. The molecule has 0 fully saturated rings. The number of carbonyl (C=O) groups is 1. The van der Waals surface area contributed by atoms with E-state index in [1.54, 1.807) is 34.6 Å². The molecule has 1 amide bonds. The number of rotatable bonds is 4. The van der Waals surface area contributed by atoms with Crippen molar-refractivity contribution < 1.29 is 14.3 Å². The number of pyridine rings is 1.